The number of rotatable bonds is 0. The zero-order valence-electron chi connectivity index (χ0n) is 2.57. The van der Waals surface area contributed by atoms with Crippen molar-refractivity contribution in [3.05, 3.63) is 19.6 Å². The average molecular weight is 146 g/mol. The van der Waals surface area contributed by atoms with Gasteiger partial charge < -0.3 is 0 Å². The van der Waals surface area contributed by atoms with E-state index in [0.717, 1.165) is 0 Å². The molecule has 0 aliphatic heterocycles. The van der Waals surface area contributed by atoms with Crippen LogP contribution in [-0.4, -0.2) is 0 Å². The van der Waals surface area contributed by atoms with Crippen LogP contribution in [0.15, 0.2) is 12.7 Å². The van der Waals surface area contributed by atoms with Crippen LogP contribution in [0.1, 0.15) is 7.43 Å². The van der Waals surface area contributed by atoms with Gasteiger partial charge in [0.25, 0.3) is 0 Å². The first-order chi connectivity index (χ1) is 1.41. The number of hydrogen-bond donors (Lipinski definition) is 0. The van der Waals surface area contributed by atoms with E-state index >= 15 is 0 Å². The maximum Gasteiger partial charge on any atom is 0 e. The summed E-state index contributed by atoms with van der Waals surface area (Å²) in [6, 6.07) is 0. The van der Waals surface area contributed by atoms with Crippen molar-refractivity contribution in [3.63, 3.8) is 0 Å². The summed E-state index contributed by atoms with van der Waals surface area (Å²) < 4.78 is 0. The Morgan fingerprint density at radius 1 is 1.60 bits per heavy atom. The molecule has 0 N–H and O–H groups in total. The van der Waals surface area contributed by atoms with Crippen LogP contribution in [0.5, 0.6) is 0 Å². The van der Waals surface area contributed by atoms with Crippen LogP contribution in [0.3, 0.4) is 0 Å². The van der Waals surface area contributed by atoms with Crippen molar-refractivity contribution < 1.29 is 32.7 Å². The topological polar surface area (TPSA) is 0 Å². The third-order valence-electron chi connectivity index (χ3n) is 0. The molecule has 0 nitrogen and oxygen atoms in total. The van der Waals surface area contributed by atoms with Crippen molar-refractivity contribution >= 4 is 0 Å². The Morgan fingerprint density at radius 2 is 1.60 bits per heavy atom. The predicted molar refractivity (Wildman–Crippen MR) is 22.3 cm³/mol. The monoisotopic (exact) mass is 146 g/mol. The quantitative estimate of drug-likeness (QED) is 0.455. The van der Waals surface area contributed by atoms with E-state index < -0.39 is 0 Å². The van der Waals surface area contributed by atoms with Crippen LogP contribution in [-0.2, 0) is 32.7 Å². The molecule has 0 aliphatic rings. The van der Waals surface area contributed by atoms with Crippen molar-refractivity contribution in [2.24, 2.45) is 0 Å². The summed E-state index contributed by atoms with van der Waals surface area (Å²) in [6.07, 6.45) is 1.50. The predicted octanol–water partition coefficient (Wildman–Crippen LogP) is 1.64. The van der Waals surface area contributed by atoms with E-state index in [9.17, 15) is 0 Å². The van der Waals surface area contributed by atoms with Gasteiger partial charge in [-0.05, 0) is 0 Å². The molecule has 0 aromatic heterocycles. The molecular formula is C4H9Y-. The molecular weight excluding hydrogens is 137 g/mol. The second kappa shape index (κ2) is 22.1. The molecule has 0 aromatic rings. The average Bonchev–Trinajstić information content (AvgIpc) is 0.918. The Kier molecular flexibility index (Phi) is 76.3. The standard InChI is InChI=1S/C3H5.CH4.Y/c1-3-2;;/h3H,1-2H2;1H4;/q-1;;. The summed E-state index contributed by atoms with van der Waals surface area (Å²) in [5.74, 6) is 0. The van der Waals surface area contributed by atoms with Gasteiger partial charge in [0.05, 0.1) is 0 Å². The molecule has 0 rings (SSSR count). The van der Waals surface area contributed by atoms with Crippen LogP contribution in [0.25, 0.3) is 0 Å². The fourth-order valence-corrected chi connectivity index (χ4v) is 0. The van der Waals surface area contributed by atoms with Crippen LogP contribution in [0, 0.1) is 6.92 Å². The maximum absolute atomic E-state index is 3.25. The summed E-state index contributed by atoms with van der Waals surface area (Å²) in [5, 5.41) is 0. The summed E-state index contributed by atoms with van der Waals surface area (Å²) in [6.45, 7) is 6.50. The van der Waals surface area contributed by atoms with Gasteiger partial charge in [0.1, 0.15) is 0 Å². The Hall–Kier alpha value is 0.714. The first kappa shape index (κ1) is 17.2. The van der Waals surface area contributed by atoms with Crippen molar-refractivity contribution in [1.82, 2.24) is 0 Å². The molecule has 0 aliphatic carbocycles. The summed E-state index contributed by atoms with van der Waals surface area (Å²) >= 11 is 0. The van der Waals surface area contributed by atoms with Crippen LogP contribution < -0.4 is 0 Å². The normalized spacial score (nSPS) is 2.40. The molecule has 1 heteroatoms. The molecule has 0 saturated heterocycles. The van der Waals surface area contributed by atoms with Gasteiger partial charge in [-0.2, -0.15) is 0 Å². The van der Waals surface area contributed by atoms with E-state index in [2.05, 4.69) is 13.5 Å². The van der Waals surface area contributed by atoms with Gasteiger partial charge in [-0.1, -0.05) is 7.43 Å². The second-order valence-electron chi connectivity index (χ2n) is 0.289. The van der Waals surface area contributed by atoms with E-state index in [1.54, 1.807) is 0 Å². The Morgan fingerprint density at radius 3 is 1.60 bits per heavy atom. The SMILES string of the molecule is C.C=C[CH2-].[Y]. The van der Waals surface area contributed by atoms with Gasteiger partial charge in [0, 0.05) is 32.7 Å². The Labute approximate surface area is 59.5 Å². The largest absolute Gasteiger partial charge is 0.245 e. The second-order valence-corrected chi connectivity index (χ2v) is 0.289. The van der Waals surface area contributed by atoms with E-state index in [-0.39, 0.29) is 40.1 Å². The van der Waals surface area contributed by atoms with Gasteiger partial charge in [-0.25, -0.2) is 19.6 Å². The molecule has 0 atom stereocenters. The molecule has 5 heavy (non-hydrogen) atoms. The van der Waals surface area contributed by atoms with Gasteiger partial charge in [0.15, 0.2) is 0 Å². The number of allylic oxidation sites excluding steroid dienone is 1. The molecule has 0 aromatic carbocycles. The fourth-order valence-electron chi connectivity index (χ4n) is 0. The summed E-state index contributed by atoms with van der Waals surface area (Å²) in [7, 11) is 0. The summed E-state index contributed by atoms with van der Waals surface area (Å²) in [4.78, 5) is 0. The maximum atomic E-state index is 3.25. The summed E-state index contributed by atoms with van der Waals surface area (Å²) in [5.41, 5.74) is 0. The Bertz CT molecular complexity index is 11.1. The van der Waals surface area contributed by atoms with Crippen molar-refractivity contribution in [3.8, 4) is 0 Å². The minimum atomic E-state index is 0. The van der Waals surface area contributed by atoms with E-state index in [1.165, 1.54) is 6.08 Å². The molecule has 0 unspecified atom stereocenters. The molecule has 0 bridgehead atoms. The van der Waals surface area contributed by atoms with E-state index in [4.69, 9.17) is 0 Å². The van der Waals surface area contributed by atoms with Gasteiger partial charge in [-0.3, -0.25) is 0 Å². The van der Waals surface area contributed by atoms with Crippen LogP contribution in [0.4, 0.5) is 0 Å². The van der Waals surface area contributed by atoms with Crippen molar-refractivity contribution in [2.75, 3.05) is 0 Å². The van der Waals surface area contributed by atoms with Crippen molar-refractivity contribution in [1.29, 1.82) is 0 Å². The minimum Gasteiger partial charge on any atom is -0.245 e. The van der Waals surface area contributed by atoms with Gasteiger partial charge in [-0.15, -0.1) is 0 Å². The van der Waals surface area contributed by atoms with Gasteiger partial charge >= 0.3 is 0 Å². The Balaban J connectivity index is -0.0000000200. The van der Waals surface area contributed by atoms with Gasteiger partial charge in [0.2, 0.25) is 0 Å². The first-order valence-corrected chi connectivity index (χ1v) is 0.816. The molecule has 29 valence electrons. The zero-order valence-corrected chi connectivity index (χ0v) is 5.41. The van der Waals surface area contributed by atoms with Crippen molar-refractivity contribution in [2.45, 2.75) is 7.43 Å². The van der Waals surface area contributed by atoms with E-state index in [1.807, 2.05) is 0 Å². The third kappa shape index (κ3) is 68.1. The zero-order chi connectivity index (χ0) is 2.71. The smallest absolute Gasteiger partial charge is 0 e. The minimum absolute atomic E-state index is 0. The van der Waals surface area contributed by atoms with Crippen LogP contribution in [0.2, 0.25) is 0 Å². The molecule has 0 fully saturated rings. The molecule has 0 amide bonds. The van der Waals surface area contributed by atoms with E-state index in [0.29, 0.717) is 0 Å². The molecule has 0 spiro atoms. The number of hydrogen-bond acceptors (Lipinski definition) is 0. The molecule has 0 heterocycles. The molecule has 1 radical (unpaired) electrons. The first-order valence-electron chi connectivity index (χ1n) is 0.816. The molecule has 0 saturated carbocycles. The fraction of sp³-hybridized carbons (Fsp3) is 0.250. The third-order valence-corrected chi connectivity index (χ3v) is 0. The van der Waals surface area contributed by atoms with Crippen LogP contribution >= 0.6 is 0 Å².